The molecule has 3 aromatic rings. The van der Waals surface area contributed by atoms with Gasteiger partial charge in [0.25, 0.3) is 5.91 Å². The van der Waals surface area contributed by atoms with Gasteiger partial charge in [-0.05, 0) is 42.5 Å². The third-order valence-corrected chi connectivity index (χ3v) is 5.38. The van der Waals surface area contributed by atoms with Crippen LogP contribution in [0.1, 0.15) is 10.4 Å². The van der Waals surface area contributed by atoms with E-state index in [1.807, 2.05) is 6.07 Å². The molecule has 0 aliphatic carbocycles. The summed E-state index contributed by atoms with van der Waals surface area (Å²) in [5.41, 5.74) is 1.02. The first-order valence-corrected chi connectivity index (χ1v) is 11.0. The van der Waals surface area contributed by atoms with E-state index in [1.165, 1.54) is 24.3 Å². The van der Waals surface area contributed by atoms with Crippen molar-refractivity contribution in [2.75, 3.05) is 16.3 Å². The number of hydrogen-bond acceptors (Lipinski definition) is 4. The molecule has 0 spiro atoms. The first-order chi connectivity index (χ1) is 13.7. The highest BCUT2D eigenvalue weighted by molar-refractivity contribution is 7.99. The van der Waals surface area contributed by atoms with Gasteiger partial charge in [0.1, 0.15) is 11.6 Å². The van der Waals surface area contributed by atoms with Gasteiger partial charge in [-0.25, -0.2) is 17.2 Å². The number of benzene rings is 3. The van der Waals surface area contributed by atoms with Gasteiger partial charge in [-0.15, -0.1) is 0 Å². The van der Waals surface area contributed by atoms with E-state index in [1.54, 1.807) is 24.3 Å². The highest BCUT2D eigenvalue weighted by Gasteiger charge is 2.15. The smallest absolute Gasteiger partial charge is 0.255 e. The molecule has 0 atom stereocenters. The number of halogens is 2. The molecule has 3 rings (SSSR count). The summed E-state index contributed by atoms with van der Waals surface area (Å²) in [6, 6.07) is 16.2. The van der Waals surface area contributed by atoms with E-state index in [-0.39, 0.29) is 16.1 Å². The lowest BCUT2D eigenvalue weighted by atomic mass is 10.2. The Morgan fingerprint density at radius 2 is 1.66 bits per heavy atom. The number of sulfonamides is 1. The second-order valence-corrected chi connectivity index (χ2v) is 8.91. The molecule has 0 radical (unpaired) electrons. The minimum Gasteiger partial charge on any atom is -0.322 e. The molecule has 0 fully saturated rings. The van der Waals surface area contributed by atoms with Crippen molar-refractivity contribution >= 4 is 39.1 Å². The second kappa shape index (κ2) is 8.62. The predicted molar refractivity (Wildman–Crippen MR) is 110 cm³/mol. The molecule has 1 amide bonds. The van der Waals surface area contributed by atoms with Crippen molar-refractivity contribution in [1.82, 2.24) is 0 Å². The van der Waals surface area contributed by atoms with Crippen LogP contribution in [0.5, 0.6) is 0 Å². The molecule has 29 heavy (non-hydrogen) atoms. The fourth-order valence-electron chi connectivity index (χ4n) is 2.43. The number of nitrogens with one attached hydrogen (secondary N) is 2. The SMILES string of the molecule is CS(=O)(=O)Nc1ccc(C(=O)Nc2ccccc2)cc1Sc1ccc(F)cc1F. The Kier molecular flexibility index (Phi) is 6.19. The molecule has 3 aromatic carbocycles. The van der Waals surface area contributed by atoms with E-state index in [2.05, 4.69) is 10.0 Å². The van der Waals surface area contributed by atoms with Crippen molar-refractivity contribution in [1.29, 1.82) is 0 Å². The number of carbonyl (C=O) groups is 1. The summed E-state index contributed by atoms with van der Waals surface area (Å²) >= 11 is 0.879. The van der Waals surface area contributed by atoms with E-state index in [4.69, 9.17) is 0 Å². The van der Waals surface area contributed by atoms with Crippen molar-refractivity contribution in [3.05, 3.63) is 83.9 Å². The molecule has 0 bridgehead atoms. The number of carbonyl (C=O) groups excluding carboxylic acids is 1. The molecule has 0 heterocycles. The van der Waals surface area contributed by atoms with Gasteiger partial charge in [-0.2, -0.15) is 0 Å². The maximum atomic E-state index is 14.1. The summed E-state index contributed by atoms with van der Waals surface area (Å²) in [7, 11) is -3.61. The van der Waals surface area contributed by atoms with Crippen LogP contribution >= 0.6 is 11.8 Å². The zero-order valence-corrected chi connectivity index (χ0v) is 16.8. The van der Waals surface area contributed by atoms with Gasteiger partial charge in [0.05, 0.1) is 11.9 Å². The Morgan fingerprint density at radius 1 is 0.931 bits per heavy atom. The molecule has 0 aromatic heterocycles. The van der Waals surface area contributed by atoms with Crippen LogP contribution in [-0.2, 0) is 10.0 Å². The van der Waals surface area contributed by atoms with Crippen LogP contribution in [0.25, 0.3) is 0 Å². The molecular weight excluding hydrogens is 418 g/mol. The molecule has 150 valence electrons. The molecule has 5 nitrogen and oxygen atoms in total. The van der Waals surface area contributed by atoms with E-state index in [9.17, 15) is 22.0 Å². The Bertz CT molecular complexity index is 1150. The average molecular weight is 434 g/mol. The lowest BCUT2D eigenvalue weighted by Gasteiger charge is -2.13. The zero-order chi connectivity index (χ0) is 21.0. The number of amides is 1. The van der Waals surface area contributed by atoms with Crippen molar-refractivity contribution in [3.63, 3.8) is 0 Å². The molecule has 9 heteroatoms. The van der Waals surface area contributed by atoms with E-state index in [0.29, 0.717) is 10.6 Å². The molecule has 0 saturated carbocycles. The van der Waals surface area contributed by atoms with Crippen LogP contribution in [0.3, 0.4) is 0 Å². The standard InChI is InChI=1S/C20H16F2N2O3S2/c1-29(26,27)24-17-9-7-13(20(25)23-15-5-3-2-4-6-15)11-19(17)28-18-10-8-14(21)12-16(18)22/h2-12,24H,1H3,(H,23,25). The Morgan fingerprint density at radius 3 is 2.31 bits per heavy atom. The third kappa shape index (κ3) is 5.78. The summed E-state index contributed by atoms with van der Waals surface area (Å²) in [6.07, 6.45) is 0.982. The number of rotatable bonds is 6. The maximum Gasteiger partial charge on any atom is 0.255 e. The third-order valence-electron chi connectivity index (χ3n) is 3.68. The van der Waals surface area contributed by atoms with Gasteiger partial charge in [0.15, 0.2) is 0 Å². The highest BCUT2D eigenvalue weighted by atomic mass is 32.2. The number of para-hydroxylation sites is 1. The zero-order valence-electron chi connectivity index (χ0n) is 15.1. The van der Waals surface area contributed by atoms with Crippen LogP contribution < -0.4 is 10.0 Å². The number of hydrogen-bond donors (Lipinski definition) is 2. The van der Waals surface area contributed by atoms with Crippen LogP contribution in [0.4, 0.5) is 20.2 Å². The fourth-order valence-corrected chi connectivity index (χ4v) is 4.02. The predicted octanol–water partition coefficient (Wildman–Crippen LogP) is 4.74. The molecule has 0 saturated heterocycles. The topological polar surface area (TPSA) is 75.3 Å². The molecule has 0 aliphatic heterocycles. The minimum absolute atomic E-state index is 0.0866. The summed E-state index contributed by atoms with van der Waals surface area (Å²) in [6.45, 7) is 0. The van der Waals surface area contributed by atoms with Crippen molar-refractivity contribution < 1.29 is 22.0 Å². The summed E-state index contributed by atoms with van der Waals surface area (Å²) in [5.74, 6) is -1.93. The van der Waals surface area contributed by atoms with Gasteiger partial charge in [-0.1, -0.05) is 30.0 Å². The van der Waals surface area contributed by atoms with Crippen molar-refractivity contribution in [2.45, 2.75) is 9.79 Å². The van der Waals surface area contributed by atoms with E-state index in [0.717, 1.165) is 30.2 Å². The molecular formula is C20H16F2N2O3S2. The van der Waals surface area contributed by atoms with Crippen LogP contribution in [-0.4, -0.2) is 20.6 Å². The van der Waals surface area contributed by atoms with Crippen molar-refractivity contribution in [2.24, 2.45) is 0 Å². The minimum atomic E-state index is -3.61. The summed E-state index contributed by atoms with van der Waals surface area (Å²) < 4.78 is 52.9. The highest BCUT2D eigenvalue weighted by Crippen LogP contribution is 2.36. The first kappa shape index (κ1) is 20.8. The van der Waals surface area contributed by atoms with E-state index >= 15 is 0 Å². The van der Waals surface area contributed by atoms with Crippen molar-refractivity contribution in [3.8, 4) is 0 Å². The maximum absolute atomic E-state index is 14.1. The number of anilines is 2. The fraction of sp³-hybridized carbons (Fsp3) is 0.0500. The second-order valence-electron chi connectivity index (χ2n) is 6.08. The summed E-state index contributed by atoms with van der Waals surface area (Å²) in [5, 5.41) is 2.73. The largest absolute Gasteiger partial charge is 0.322 e. The van der Waals surface area contributed by atoms with Gasteiger partial charge < -0.3 is 5.32 Å². The van der Waals surface area contributed by atoms with Gasteiger partial charge in [0.2, 0.25) is 10.0 Å². The van der Waals surface area contributed by atoms with Crippen LogP contribution in [0, 0.1) is 11.6 Å². The lowest BCUT2D eigenvalue weighted by Crippen LogP contribution is -2.13. The quantitative estimate of drug-likeness (QED) is 0.588. The van der Waals surface area contributed by atoms with Gasteiger partial charge >= 0.3 is 0 Å². The Hall–Kier alpha value is -2.91. The van der Waals surface area contributed by atoms with Gasteiger partial charge in [0, 0.05) is 27.1 Å². The summed E-state index contributed by atoms with van der Waals surface area (Å²) in [4.78, 5) is 12.9. The van der Waals surface area contributed by atoms with Crippen LogP contribution in [0.2, 0.25) is 0 Å². The Labute approximate surface area is 171 Å². The monoisotopic (exact) mass is 434 g/mol. The normalized spacial score (nSPS) is 11.1. The lowest BCUT2D eigenvalue weighted by molar-refractivity contribution is 0.102. The molecule has 2 N–H and O–H groups in total. The van der Waals surface area contributed by atoms with E-state index < -0.39 is 27.6 Å². The first-order valence-electron chi connectivity index (χ1n) is 8.32. The average Bonchev–Trinajstić information content (AvgIpc) is 2.65. The molecule has 0 aliphatic rings. The Balaban J connectivity index is 1.95. The molecule has 0 unspecified atom stereocenters. The van der Waals surface area contributed by atoms with Crippen LogP contribution in [0.15, 0.2) is 76.5 Å². The van der Waals surface area contributed by atoms with Gasteiger partial charge in [-0.3, -0.25) is 9.52 Å².